The highest BCUT2D eigenvalue weighted by molar-refractivity contribution is 7.25. The first-order valence-electron chi connectivity index (χ1n) is 15.7. The number of hydrogen-bond acceptors (Lipinski definition) is 4. The molecule has 0 amide bonds. The van der Waals surface area contributed by atoms with Crippen LogP contribution >= 0.6 is 11.3 Å². The Balaban J connectivity index is 1.16. The summed E-state index contributed by atoms with van der Waals surface area (Å²) in [5.41, 5.74) is 10.8. The standard InChI is InChI=1S/C43H28N2OS/c1-4-11-29(12-5-1)31-19-21-34(22-20-31)45(35-18-10-17-33(25-35)30-13-6-2-7-14-30)36-23-24-37-38-27-40-39(28-42(38)47-41(37)26-36)44-43(46-40)32-15-8-3-9-16-32/h1-28H. The second-order valence-corrected chi connectivity index (χ2v) is 12.7. The van der Waals surface area contributed by atoms with Crippen LogP contribution in [-0.4, -0.2) is 4.98 Å². The van der Waals surface area contributed by atoms with Crippen molar-refractivity contribution >= 4 is 59.7 Å². The fourth-order valence-corrected chi connectivity index (χ4v) is 7.52. The lowest BCUT2D eigenvalue weighted by molar-refractivity contribution is 0.620. The van der Waals surface area contributed by atoms with Crippen LogP contribution in [0.4, 0.5) is 17.1 Å². The number of hydrogen-bond donors (Lipinski definition) is 0. The minimum absolute atomic E-state index is 0.650. The van der Waals surface area contributed by atoms with Crippen LogP contribution in [0.2, 0.25) is 0 Å². The van der Waals surface area contributed by atoms with Crippen molar-refractivity contribution in [2.45, 2.75) is 0 Å². The third-order valence-corrected chi connectivity index (χ3v) is 9.80. The number of benzene rings is 7. The zero-order valence-corrected chi connectivity index (χ0v) is 26.2. The average molecular weight is 621 g/mol. The van der Waals surface area contributed by atoms with Gasteiger partial charge in [0.1, 0.15) is 5.52 Å². The number of rotatable bonds is 6. The van der Waals surface area contributed by atoms with Crippen molar-refractivity contribution in [3.8, 4) is 33.7 Å². The molecule has 4 heteroatoms. The Morgan fingerprint density at radius 3 is 1.72 bits per heavy atom. The molecule has 0 N–H and O–H groups in total. The van der Waals surface area contributed by atoms with Crippen molar-refractivity contribution < 1.29 is 4.42 Å². The summed E-state index contributed by atoms with van der Waals surface area (Å²) in [5.74, 6) is 0.650. The Labute approximate surface area is 276 Å². The van der Waals surface area contributed by atoms with E-state index in [4.69, 9.17) is 9.40 Å². The van der Waals surface area contributed by atoms with Gasteiger partial charge in [-0.25, -0.2) is 4.98 Å². The number of fused-ring (bicyclic) bond motifs is 4. The minimum atomic E-state index is 0.650. The molecule has 0 unspecified atom stereocenters. The van der Waals surface area contributed by atoms with Crippen molar-refractivity contribution in [1.82, 2.24) is 4.98 Å². The SMILES string of the molecule is c1ccc(-c2ccc(N(c3cccc(-c4ccccc4)c3)c3ccc4c(c3)sc3cc5nc(-c6ccccc6)oc5cc34)cc2)cc1. The van der Waals surface area contributed by atoms with E-state index in [0.29, 0.717) is 5.89 Å². The summed E-state index contributed by atoms with van der Waals surface area (Å²) >= 11 is 1.79. The van der Waals surface area contributed by atoms with Gasteiger partial charge in [0, 0.05) is 42.8 Å². The summed E-state index contributed by atoms with van der Waals surface area (Å²) in [7, 11) is 0. The molecule has 0 aliphatic heterocycles. The smallest absolute Gasteiger partial charge is 0.227 e. The van der Waals surface area contributed by atoms with Gasteiger partial charge in [-0.05, 0) is 82.9 Å². The maximum absolute atomic E-state index is 6.23. The molecular formula is C43H28N2OS. The monoisotopic (exact) mass is 620 g/mol. The molecule has 7 aromatic carbocycles. The van der Waals surface area contributed by atoms with Crippen LogP contribution in [0.3, 0.4) is 0 Å². The highest BCUT2D eigenvalue weighted by Gasteiger charge is 2.17. The molecule has 9 aromatic rings. The summed E-state index contributed by atoms with van der Waals surface area (Å²) < 4.78 is 8.65. The maximum atomic E-state index is 6.23. The van der Waals surface area contributed by atoms with Crippen molar-refractivity contribution in [1.29, 1.82) is 0 Å². The number of thiophene rings is 1. The predicted molar refractivity (Wildman–Crippen MR) is 198 cm³/mol. The molecule has 0 fully saturated rings. The Morgan fingerprint density at radius 1 is 0.426 bits per heavy atom. The molecule has 0 atom stereocenters. The Kier molecular flexibility index (Phi) is 6.65. The molecule has 9 rings (SSSR count). The molecule has 222 valence electrons. The number of aromatic nitrogens is 1. The summed E-state index contributed by atoms with van der Waals surface area (Å²) in [6.45, 7) is 0. The van der Waals surface area contributed by atoms with Gasteiger partial charge in [0.05, 0.1) is 0 Å². The molecule has 0 saturated heterocycles. The topological polar surface area (TPSA) is 29.3 Å². The lowest BCUT2D eigenvalue weighted by Crippen LogP contribution is -2.09. The summed E-state index contributed by atoms with van der Waals surface area (Å²) in [6.07, 6.45) is 0. The molecule has 0 radical (unpaired) electrons. The maximum Gasteiger partial charge on any atom is 0.227 e. The second-order valence-electron chi connectivity index (χ2n) is 11.6. The molecule has 47 heavy (non-hydrogen) atoms. The van der Waals surface area contributed by atoms with E-state index in [2.05, 4.69) is 144 Å². The lowest BCUT2D eigenvalue weighted by atomic mass is 10.0. The van der Waals surface area contributed by atoms with E-state index in [1.807, 2.05) is 30.3 Å². The molecule has 0 bridgehead atoms. The van der Waals surface area contributed by atoms with E-state index >= 15 is 0 Å². The van der Waals surface area contributed by atoms with E-state index < -0.39 is 0 Å². The van der Waals surface area contributed by atoms with E-state index in [1.54, 1.807) is 11.3 Å². The van der Waals surface area contributed by atoms with Gasteiger partial charge in [0.15, 0.2) is 5.58 Å². The van der Waals surface area contributed by atoms with Crippen LogP contribution in [0.25, 0.3) is 65.0 Å². The third-order valence-electron chi connectivity index (χ3n) is 8.69. The van der Waals surface area contributed by atoms with E-state index in [9.17, 15) is 0 Å². The minimum Gasteiger partial charge on any atom is -0.436 e. The first-order valence-corrected chi connectivity index (χ1v) is 16.5. The van der Waals surface area contributed by atoms with Crippen molar-refractivity contribution in [3.05, 3.63) is 170 Å². The molecule has 3 nitrogen and oxygen atoms in total. The van der Waals surface area contributed by atoms with Crippen LogP contribution in [0.5, 0.6) is 0 Å². The van der Waals surface area contributed by atoms with Gasteiger partial charge in [-0.2, -0.15) is 0 Å². The van der Waals surface area contributed by atoms with Gasteiger partial charge in [-0.3, -0.25) is 0 Å². The number of nitrogens with zero attached hydrogens (tertiary/aromatic N) is 2. The van der Waals surface area contributed by atoms with Crippen LogP contribution in [0.15, 0.2) is 174 Å². The summed E-state index contributed by atoms with van der Waals surface area (Å²) in [5, 5.41) is 2.40. The molecule has 0 spiro atoms. The summed E-state index contributed by atoms with van der Waals surface area (Å²) in [4.78, 5) is 7.17. The van der Waals surface area contributed by atoms with Gasteiger partial charge in [-0.1, -0.05) is 109 Å². The highest BCUT2D eigenvalue weighted by atomic mass is 32.1. The zero-order chi connectivity index (χ0) is 31.2. The van der Waals surface area contributed by atoms with Crippen LogP contribution in [-0.2, 0) is 0 Å². The van der Waals surface area contributed by atoms with Crippen LogP contribution in [0, 0.1) is 0 Å². The van der Waals surface area contributed by atoms with E-state index in [0.717, 1.165) is 33.7 Å². The molecule has 0 aliphatic rings. The van der Waals surface area contributed by atoms with E-state index in [-0.39, 0.29) is 0 Å². The van der Waals surface area contributed by atoms with Crippen LogP contribution < -0.4 is 4.90 Å². The second kappa shape index (κ2) is 11.4. The lowest BCUT2D eigenvalue weighted by Gasteiger charge is -2.26. The quantitative estimate of drug-likeness (QED) is 0.185. The third kappa shape index (κ3) is 5.05. The molecule has 2 aromatic heterocycles. The van der Waals surface area contributed by atoms with Gasteiger partial charge in [-0.15, -0.1) is 11.3 Å². The Bertz CT molecular complexity index is 2500. The fraction of sp³-hybridized carbons (Fsp3) is 0. The van der Waals surface area contributed by atoms with Gasteiger partial charge < -0.3 is 9.32 Å². The highest BCUT2D eigenvalue weighted by Crippen LogP contribution is 2.43. The van der Waals surface area contributed by atoms with Crippen LogP contribution in [0.1, 0.15) is 0 Å². The van der Waals surface area contributed by atoms with Gasteiger partial charge >= 0.3 is 0 Å². The first-order chi connectivity index (χ1) is 23.3. The summed E-state index contributed by atoms with van der Waals surface area (Å²) in [6, 6.07) is 59.9. The van der Waals surface area contributed by atoms with Gasteiger partial charge in [0.2, 0.25) is 5.89 Å². The number of oxazole rings is 1. The Morgan fingerprint density at radius 2 is 1.00 bits per heavy atom. The Hall–Kier alpha value is -5.97. The molecular weight excluding hydrogens is 593 g/mol. The van der Waals surface area contributed by atoms with Gasteiger partial charge in [0.25, 0.3) is 0 Å². The predicted octanol–water partition coefficient (Wildman–Crippen LogP) is 12.7. The largest absolute Gasteiger partial charge is 0.436 e. The van der Waals surface area contributed by atoms with Crippen molar-refractivity contribution in [2.24, 2.45) is 0 Å². The molecule has 2 heterocycles. The first kappa shape index (κ1) is 27.3. The average Bonchev–Trinajstić information content (AvgIpc) is 3.72. The van der Waals surface area contributed by atoms with Crippen molar-refractivity contribution in [3.63, 3.8) is 0 Å². The number of anilines is 3. The zero-order valence-electron chi connectivity index (χ0n) is 25.4. The fourth-order valence-electron chi connectivity index (χ4n) is 6.37. The molecule has 0 aliphatic carbocycles. The van der Waals surface area contributed by atoms with E-state index in [1.165, 1.54) is 42.4 Å². The van der Waals surface area contributed by atoms with Crippen molar-refractivity contribution in [2.75, 3.05) is 4.90 Å². The normalized spacial score (nSPS) is 11.4. The molecule has 0 saturated carbocycles.